The molecule has 0 aromatic heterocycles. The minimum Gasteiger partial charge on any atom is -0.508 e. The van der Waals surface area contributed by atoms with Gasteiger partial charge in [-0.25, -0.2) is 0 Å². The molecule has 0 saturated heterocycles. The number of carboxylic acids is 1. The average molecular weight is 393 g/mol. The first-order chi connectivity index (χ1) is 13.6. The zero-order valence-electron chi connectivity index (χ0n) is 17.6. The molecule has 0 amide bonds. The molecule has 0 aliphatic heterocycles. The number of aromatic hydroxyl groups is 2. The van der Waals surface area contributed by atoms with Crippen molar-refractivity contribution < 1.29 is 20.1 Å². The van der Waals surface area contributed by atoms with Crippen LogP contribution in [0.15, 0.2) is 36.4 Å². The number of hydrogen-bond acceptors (Lipinski definition) is 3. The fourth-order valence-electron chi connectivity index (χ4n) is 2.80. The van der Waals surface area contributed by atoms with Crippen LogP contribution in [0.5, 0.6) is 11.5 Å². The van der Waals surface area contributed by atoms with Crippen LogP contribution in [-0.4, -0.2) is 21.3 Å². The van der Waals surface area contributed by atoms with Gasteiger partial charge in [0.15, 0.2) is 0 Å². The van der Waals surface area contributed by atoms with Gasteiger partial charge in [-0.2, -0.15) is 0 Å². The highest BCUT2D eigenvalue weighted by Gasteiger charge is 1.95. The fraction of sp³-hybridized carbons (Fsp3) is 0.625. The van der Waals surface area contributed by atoms with Gasteiger partial charge in [0, 0.05) is 6.42 Å². The van der Waals surface area contributed by atoms with E-state index in [4.69, 9.17) is 15.3 Å². The zero-order chi connectivity index (χ0) is 20.9. The van der Waals surface area contributed by atoms with E-state index >= 15 is 0 Å². The molecule has 0 heterocycles. The van der Waals surface area contributed by atoms with Gasteiger partial charge in [-0.3, -0.25) is 4.79 Å². The van der Waals surface area contributed by atoms with Gasteiger partial charge in [-0.1, -0.05) is 70.4 Å². The molecule has 28 heavy (non-hydrogen) atoms. The summed E-state index contributed by atoms with van der Waals surface area (Å²) in [5, 5.41) is 25.8. The summed E-state index contributed by atoms with van der Waals surface area (Å²) < 4.78 is 0. The topological polar surface area (TPSA) is 77.8 Å². The number of carbonyl (C=O) groups is 1. The number of rotatable bonds is 15. The van der Waals surface area contributed by atoms with Gasteiger partial charge in [0.25, 0.3) is 0 Å². The van der Waals surface area contributed by atoms with E-state index in [1.54, 1.807) is 0 Å². The van der Waals surface area contributed by atoms with Gasteiger partial charge >= 0.3 is 5.97 Å². The van der Waals surface area contributed by atoms with Crippen molar-refractivity contribution in [2.45, 2.75) is 96.8 Å². The Morgan fingerprint density at radius 1 is 0.714 bits per heavy atom. The summed E-state index contributed by atoms with van der Waals surface area (Å²) in [7, 11) is 0. The molecule has 4 nitrogen and oxygen atoms in total. The first-order valence-electron chi connectivity index (χ1n) is 10.9. The molecule has 0 atom stereocenters. The summed E-state index contributed by atoms with van der Waals surface area (Å²) in [4.78, 5) is 10.3. The Morgan fingerprint density at radius 2 is 1.11 bits per heavy atom. The minimum atomic E-state index is -0.664. The molecule has 0 saturated carbocycles. The van der Waals surface area contributed by atoms with E-state index in [1.165, 1.54) is 94.9 Å². The third-order valence-electron chi connectivity index (χ3n) is 4.50. The van der Waals surface area contributed by atoms with E-state index in [1.807, 2.05) is 0 Å². The van der Waals surface area contributed by atoms with E-state index in [0.717, 1.165) is 12.8 Å². The molecular weight excluding hydrogens is 352 g/mol. The Hall–Kier alpha value is -1.97. The van der Waals surface area contributed by atoms with Crippen LogP contribution in [0.4, 0.5) is 0 Å². The second kappa shape index (κ2) is 19.8. The second-order valence-electron chi connectivity index (χ2n) is 7.24. The molecule has 0 aliphatic carbocycles. The maximum Gasteiger partial charge on any atom is 0.303 e. The summed E-state index contributed by atoms with van der Waals surface area (Å²) in [6.45, 7) is 2.26. The van der Waals surface area contributed by atoms with Crippen LogP contribution in [-0.2, 0) is 4.79 Å². The number of benzene rings is 1. The van der Waals surface area contributed by atoms with Crippen molar-refractivity contribution in [2.75, 3.05) is 0 Å². The van der Waals surface area contributed by atoms with E-state index in [0.29, 0.717) is 6.42 Å². The van der Waals surface area contributed by atoms with Crippen molar-refractivity contribution in [1.82, 2.24) is 0 Å². The molecule has 0 radical (unpaired) electrons. The summed E-state index contributed by atoms with van der Waals surface area (Å²) in [5.74, 6) is -0.326. The molecule has 3 N–H and O–H groups in total. The van der Waals surface area contributed by atoms with Crippen molar-refractivity contribution in [2.24, 2.45) is 0 Å². The van der Waals surface area contributed by atoms with Crippen molar-refractivity contribution in [3.8, 4) is 11.5 Å². The fourth-order valence-corrected chi connectivity index (χ4v) is 2.80. The summed E-state index contributed by atoms with van der Waals surface area (Å²) in [5.41, 5.74) is 0. The Kier molecular flexibility index (Phi) is 18.4. The van der Waals surface area contributed by atoms with Crippen LogP contribution in [0.1, 0.15) is 96.8 Å². The standard InChI is InChI=1S/C18H34O2.C6H6O2/c1-2-3-4-5-6-7-8-9-10-11-12-13-14-15-16-17-18(19)20;7-5-1-2-6(8)4-3-5/h9-10H,2-8,11-17H2,1H3,(H,19,20);1-4,7-8H/b10-9-;. The third-order valence-corrected chi connectivity index (χ3v) is 4.50. The molecule has 1 aromatic carbocycles. The highest BCUT2D eigenvalue weighted by molar-refractivity contribution is 5.66. The molecule has 160 valence electrons. The molecule has 4 heteroatoms. The van der Waals surface area contributed by atoms with Crippen LogP contribution in [0.3, 0.4) is 0 Å². The molecule has 0 spiro atoms. The lowest BCUT2D eigenvalue weighted by molar-refractivity contribution is -0.137. The molecule has 1 aromatic rings. The Balaban J connectivity index is 0.000000749. The van der Waals surface area contributed by atoms with E-state index < -0.39 is 5.97 Å². The molecule has 0 unspecified atom stereocenters. The highest BCUT2D eigenvalue weighted by Crippen LogP contribution is 2.13. The Morgan fingerprint density at radius 3 is 1.54 bits per heavy atom. The smallest absolute Gasteiger partial charge is 0.303 e. The predicted octanol–water partition coefficient (Wildman–Crippen LogP) is 7.21. The number of phenols is 2. The number of hydrogen-bond donors (Lipinski definition) is 3. The monoisotopic (exact) mass is 392 g/mol. The Labute approximate surface area is 171 Å². The van der Waals surface area contributed by atoms with Gasteiger partial charge in [-0.05, 0) is 56.4 Å². The lowest BCUT2D eigenvalue weighted by Gasteiger charge is -1.99. The number of aliphatic carboxylic acids is 1. The molecule has 0 bridgehead atoms. The molecule has 0 fully saturated rings. The van der Waals surface area contributed by atoms with Gasteiger partial charge in [0.2, 0.25) is 0 Å². The van der Waals surface area contributed by atoms with Crippen LogP contribution >= 0.6 is 0 Å². The summed E-state index contributed by atoms with van der Waals surface area (Å²) >= 11 is 0. The number of carboxylic acid groups (broad SMARTS) is 1. The minimum absolute atomic E-state index is 0.169. The largest absolute Gasteiger partial charge is 0.508 e. The van der Waals surface area contributed by atoms with Gasteiger partial charge in [0.1, 0.15) is 11.5 Å². The maximum atomic E-state index is 10.3. The van der Waals surface area contributed by atoms with Crippen LogP contribution in [0, 0.1) is 0 Å². The second-order valence-corrected chi connectivity index (χ2v) is 7.24. The van der Waals surface area contributed by atoms with E-state index in [9.17, 15) is 4.79 Å². The summed E-state index contributed by atoms with van der Waals surface area (Å²) in [6.07, 6.45) is 21.2. The van der Waals surface area contributed by atoms with E-state index in [2.05, 4.69) is 19.1 Å². The van der Waals surface area contributed by atoms with Crippen molar-refractivity contribution >= 4 is 5.97 Å². The van der Waals surface area contributed by atoms with Gasteiger partial charge < -0.3 is 15.3 Å². The van der Waals surface area contributed by atoms with Gasteiger partial charge in [-0.15, -0.1) is 0 Å². The number of unbranched alkanes of at least 4 members (excludes halogenated alkanes) is 11. The Bertz CT molecular complexity index is 473. The van der Waals surface area contributed by atoms with Crippen molar-refractivity contribution in [3.05, 3.63) is 36.4 Å². The van der Waals surface area contributed by atoms with Crippen LogP contribution in [0.2, 0.25) is 0 Å². The van der Waals surface area contributed by atoms with Crippen molar-refractivity contribution in [3.63, 3.8) is 0 Å². The zero-order valence-corrected chi connectivity index (χ0v) is 17.6. The van der Waals surface area contributed by atoms with E-state index in [-0.39, 0.29) is 11.5 Å². The lowest BCUT2D eigenvalue weighted by Crippen LogP contribution is -1.93. The maximum absolute atomic E-state index is 10.3. The number of phenolic OH excluding ortho intramolecular Hbond substituents is 2. The summed E-state index contributed by atoms with van der Waals surface area (Å²) in [6, 6.07) is 5.70. The van der Waals surface area contributed by atoms with Crippen LogP contribution < -0.4 is 0 Å². The molecular formula is C24H40O4. The lowest BCUT2D eigenvalue weighted by atomic mass is 10.1. The first kappa shape index (κ1) is 26.0. The first-order valence-corrected chi connectivity index (χ1v) is 10.9. The average Bonchev–Trinajstić information content (AvgIpc) is 2.67. The quantitative estimate of drug-likeness (QED) is 0.167. The molecule has 1 rings (SSSR count). The third kappa shape index (κ3) is 20.3. The SMILES string of the molecule is CCCCCCCC/C=C\CCCCCCCC(=O)O.Oc1ccc(O)cc1. The highest BCUT2D eigenvalue weighted by atomic mass is 16.4. The predicted molar refractivity (Wildman–Crippen MR) is 117 cm³/mol. The number of allylic oxidation sites excluding steroid dienone is 2. The normalized spacial score (nSPS) is 10.6. The molecule has 0 aliphatic rings. The van der Waals surface area contributed by atoms with Crippen molar-refractivity contribution in [1.29, 1.82) is 0 Å². The van der Waals surface area contributed by atoms with Gasteiger partial charge in [0.05, 0.1) is 0 Å². The van der Waals surface area contributed by atoms with Crippen LogP contribution in [0.25, 0.3) is 0 Å².